The Morgan fingerprint density at radius 2 is 0.979 bits per heavy atom. The van der Waals surface area contributed by atoms with Crippen molar-refractivity contribution in [1.82, 2.24) is 4.57 Å². The molecule has 0 amide bonds. The van der Waals surface area contributed by atoms with Crippen LogP contribution in [0.3, 0.4) is 0 Å². The standard InChI is InChI=1S/C44H27NO2/c1-3-13-28(14-4-1)32-20-11-22-35-36-23-12-21-34(43(36)47-42(32)35)33-18-8-7-17-31(33)29-25-26-40-38(27-29)41-44(46-40)37-19-9-10-24-39(37)45(41)30-15-5-2-6-16-30/h1-27H. The minimum Gasteiger partial charge on any atom is -0.455 e. The van der Waals surface area contributed by atoms with Gasteiger partial charge in [0.25, 0.3) is 0 Å². The number of rotatable bonds is 4. The molecule has 220 valence electrons. The van der Waals surface area contributed by atoms with Gasteiger partial charge in [-0.1, -0.05) is 127 Å². The molecule has 0 aliphatic carbocycles. The van der Waals surface area contributed by atoms with E-state index in [1.807, 2.05) is 6.07 Å². The average Bonchev–Trinajstić information content (AvgIpc) is 3.81. The molecule has 10 rings (SSSR count). The topological polar surface area (TPSA) is 31.2 Å². The van der Waals surface area contributed by atoms with E-state index in [2.05, 4.69) is 162 Å². The minimum atomic E-state index is 0.875. The van der Waals surface area contributed by atoms with Crippen LogP contribution in [-0.2, 0) is 0 Å². The van der Waals surface area contributed by atoms with Crippen LogP contribution in [0.5, 0.6) is 0 Å². The highest BCUT2D eigenvalue weighted by atomic mass is 16.3. The zero-order chi connectivity index (χ0) is 30.9. The van der Waals surface area contributed by atoms with Gasteiger partial charge in [0, 0.05) is 38.4 Å². The van der Waals surface area contributed by atoms with Crippen molar-refractivity contribution in [3.8, 4) is 39.1 Å². The van der Waals surface area contributed by atoms with Gasteiger partial charge in [-0.05, 0) is 58.7 Å². The zero-order valence-electron chi connectivity index (χ0n) is 25.4. The second kappa shape index (κ2) is 10.1. The first kappa shape index (κ1) is 26.0. The first-order valence-electron chi connectivity index (χ1n) is 15.9. The van der Waals surface area contributed by atoms with Gasteiger partial charge in [0.15, 0.2) is 5.58 Å². The SMILES string of the molecule is c1ccc(-c2cccc3c2oc2c(-c4ccccc4-c4ccc5oc6c7ccccc7n(-c7ccccc7)c6c5c4)cccc23)cc1. The molecule has 0 spiro atoms. The molecule has 0 aliphatic rings. The molecule has 3 heteroatoms. The molecule has 0 fully saturated rings. The van der Waals surface area contributed by atoms with Crippen molar-refractivity contribution in [1.29, 1.82) is 0 Å². The second-order valence-corrected chi connectivity index (χ2v) is 12.1. The van der Waals surface area contributed by atoms with Crippen molar-refractivity contribution >= 4 is 54.9 Å². The summed E-state index contributed by atoms with van der Waals surface area (Å²) in [7, 11) is 0. The van der Waals surface area contributed by atoms with Gasteiger partial charge >= 0.3 is 0 Å². The number of fused-ring (bicyclic) bond motifs is 8. The Hall–Kier alpha value is -6.32. The van der Waals surface area contributed by atoms with Crippen LogP contribution in [0.2, 0.25) is 0 Å². The van der Waals surface area contributed by atoms with Gasteiger partial charge in [-0.25, -0.2) is 0 Å². The molecule has 0 unspecified atom stereocenters. The molecule has 3 heterocycles. The number of benzene rings is 7. The molecule has 7 aromatic carbocycles. The van der Waals surface area contributed by atoms with Crippen LogP contribution in [0.15, 0.2) is 173 Å². The summed E-state index contributed by atoms with van der Waals surface area (Å²) in [6, 6.07) is 57.6. The maximum Gasteiger partial charge on any atom is 0.161 e. The summed E-state index contributed by atoms with van der Waals surface area (Å²) in [5.41, 5.74) is 13.6. The molecule has 0 radical (unpaired) electrons. The highest BCUT2D eigenvalue weighted by molar-refractivity contribution is 6.18. The first-order valence-corrected chi connectivity index (χ1v) is 15.9. The summed E-state index contributed by atoms with van der Waals surface area (Å²) in [6.07, 6.45) is 0. The predicted octanol–water partition coefficient (Wildman–Crippen LogP) is 12.4. The van der Waals surface area contributed by atoms with Gasteiger partial charge in [0.2, 0.25) is 0 Å². The van der Waals surface area contributed by atoms with Crippen molar-refractivity contribution < 1.29 is 8.83 Å². The summed E-state index contributed by atoms with van der Waals surface area (Å²) in [5.74, 6) is 0. The van der Waals surface area contributed by atoms with E-state index in [0.717, 1.165) is 94.0 Å². The van der Waals surface area contributed by atoms with Crippen molar-refractivity contribution in [3.05, 3.63) is 164 Å². The number of aromatic nitrogens is 1. The van der Waals surface area contributed by atoms with Crippen molar-refractivity contribution in [2.24, 2.45) is 0 Å². The normalized spacial score (nSPS) is 11.8. The van der Waals surface area contributed by atoms with Gasteiger partial charge in [0.1, 0.15) is 22.3 Å². The summed E-state index contributed by atoms with van der Waals surface area (Å²) >= 11 is 0. The van der Waals surface area contributed by atoms with E-state index in [-0.39, 0.29) is 0 Å². The monoisotopic (exact) mass is 601 g/mol. The summed E-state index contributed by atoms with van der Waals surface area (Å²) < 4.78 is 15.7. The zero-order valence-corrected chi connectivity index (χ0v) is 25.4. The van der Waals surface area contributed by atoms with Gasteiger partial charge < -0.3 is 13.4 Å². The lowest BCUT2D eigenvalue weighted by molar-refractivity contribution is 0.671. The fourth-order valence-electron chi connectivity index (χ4n) is 7.33. The lowest BCUT2D eigenvalue weighted by Crippen LogP contribution is -1.93. The van der Waals surface area contributed by atoms with Crippen LogP contribution in [0.1, 0.15) is 0 Å². The van der Waals surface area contributed by atoms with E-state index < -0.39 is 0 Å². The van der Waals surface area contributed by atoms with Gasteiger partial charge in [-0.3, -0.25) is 0 Å². The molecule has 3 aromatic heterocycles. The Morgan fingerprint density at radius 3 is 1.79 bits per heavy atom. The van der Waals surface area contributed by atoms with Crippen LogP contribution in [0, 0.1) is 0 Å². The highest BCUT2D eigenvalue weighted by Crippen LogP contribution is 2.44. The third kappa shape index (κ3) is 3.87. The van der Waals surface area contributed by atoms with E-state index in [4.69, 9.17) is 8.83 Å². The summed E-state index contributed by atoms with van der Waals surface area (Å²) in [6.45, 7) is 0. The molecular weight excluding hydrogens is 574 g/mol. The lowest BCUT2D eigenvalue weighted by atomic mass is 9.93. The van der Waals surface area contributed by atoms with Crippen molar-refractivity contribution in [2.75, 3.05) is 0 Å². The minimum absolute atomic E-state index is 0.875. The van der Waals surface area contributed by atoms with Gasteiger partial charge in [-0.2, -0.15) is 0 Å². The van der Waals surface area contributed by atoms with Crippen LogP contribution in [-0.4, -0.2) is 4.57 Å². The number of para-hydroxylation sites is 4. The Morgan fingerprint density at radius 1 is 0.362 bits per heavy atom. The average molecular weight is 602 g/mol. The van der Waals surface area contributed by atoms with E-state index in [1.54, 1.807) is 0 Å². The summed E-state index contributed by atoms with van der Waals surface area (Å²) in [5, 5.41) is 4.43. The molecule has 10 aromatic rings. The number of furan rings is 2. The van der Waals surface area contributed by atoms with Crippen LogP contribution in [0.4, 0.5) is 0 Å². The molecule has 0 N–H and O–H groups in total. The predicted molar refractivity (Wildman–Crippen MR) is 194 cm³/mol. The molecule has 0 aliphatic heterocycles. The Bertz CT molecular complexity index is 2780. The molecule has 0 saturated heterocycles. The third-order valence-electron chi connectivity index (χ3n) is 9.43. The Kier molecular flexibility index (Phi) is 5.57. The van der Waals surface area contributed by atoms with Gasteiger partial charge in [0.05, 0.1) is 5.52 Å². The Labute approximate surface area is 270 Å². The highest BCUT2D eigenvalue weighted by Gasteiger charge is 2.21. The number of hydrogen-bond acceptors (Lipinski definition) is 2. The Balaban J connectivity index is 1.20. The van der Waals surface area contributed by atoms with Crippen LogP contribution in [0.25, 0.3) is 94.0 Å². The number of hydrogen-bond donors (Lipinski definition) is 0. The molecule has 0 bridgehead atoms. The molecule has 47 heavy (non-hydrogen) atoms. The molecule has 0 atom stereocenters. The smallest absolute Gasteiger partial charge is 0.161 e. The van der Waals surface area contributed by atoms with Crippen LogP contribution >= 0.6 is 0 Å². The van der Waals surface area contributed by atoms with E-state index >= 15 is 0 Å². The lowest BCUT2D eigenvalue weighted by Gasteiger charge is -2.11. The molecular formula is C44H27NO2. The van der Waals surface area contributed by atoms with Gasteiger partial charge in [-0.15, -0.1) is 0 Å². The third-order valence-corrected chi connectivity index (χ3v) is 9.43. The maximum absolute atomic E-state index is 6.81. The fraction of sp³-hybridized carbons (Fsp3) is 0. The number of nitrogens with zero attached hydrogens (tertiary/aromatic N) is 1. The summed E-state index contributed by atoms with van der Waals surface area (Å²) in [4.78, 5) is 0. The molecule has 3 nitrogen and oxygen atoms in total. The first-order chi connectivity index (χ1) is 23.3. The van der Waals surface area contributed by atoms with Crippen molar-refractivity contribution in [3.63, 3.8) is 0 Å². The van der Waals surface area contributed by atoms with E-state index in [9.17, 15) is 0 Å². The van der Waals surface area contributed by atoms with Crippen LogP contribution < -0.4 is 0 Å². The van der Waals surface area contributed by atoms with E-state index in [1.165, 1.54) is 0 Å². The second-order valence-electron chi connectivity index (χ2n) is 12.1. The largest absolute Gasteiger partial charge is 0.455 e. The maximum atomic E-state index is 6.81. The molecule has 0 saturated carbocycles. The quantitative estimate of drug-likeness (QED) is 0.201. The van der Waals surface area contributed by atoms with Crippen molar-refractivity contribution in [2.45, 2.75) is 0 Å². The fourth-order valence-corrected chi connectivity index (χ4v) is 7.33. The van der Waals surface area contributed by atoms with E-state index in [0.29, 0.717) is 0 Å².